The van der Waals surface area contributed by atoms with Crippen LogP contribution in [0.2, 0.25) is 0 Å². The minimum absolute atomic E-state index is 0.0481. The van der Waals surface area contributed by atoms with E-state index in [9.17, 15) is 19.8 Å². The van der Waals surface area contributed by atoms with E-state index >= 15 is 0 Å². The van der Waals surface area contributed by atoms with Crippen LogP contribution in [-0.4, -0.2) is 63.1 Å². The zero-order valence-electron chi connectivity index (χ0n) is 20.5. The van der Waals surface area contributed by atoms with Crippen LogP contribution in [0.25, 0.3) is 0 Å². The Hall–Kier alpha value is -3.30. The van der Waals surface area contributed by atoms with Crippen LogP contribution in [0.4, 0.5) is 10.8 Å². The molecule has 2 aromatic rings. The number of hydrogen-bond acceptors (Lipinski definition) is 7. The molecule has 4 rings (SSSR count). The summed E-state index contributed by atoms with van der Waals surface area (Å²) in [6.45, 7) is 8.78. The number of aliphatic carboxylic acids is 1. The summed E-state index contributed by atoms with van der Waals surface area (Å²) in [5.41, 5.74) is 1.65. The van der Waals surface area contributed by atoms with Gasteiger partial charge < -0.3 is 24.4 Å². The van der Waals surface area contributed by atoms with Gasteiger partial charge in [-0.25, -0.2) is 9.59 Å². The van der Waals surface area contributed by atoms with Crippen LogP contribution in [0.5, 0.6) is 5.75 Å². The number of fused-ring (bicyclic) bond motifs is 1. The number of amides is 1. The molecule has 1 aromatic heterocycles. The second kappa shape index (κ2) is 10.5. The van der Waals surface area contributed by atoms with Crippen LogP contribution < -0.4 is 9.64 Å². The van der Waals surface area contributed by atoms with Crippen LogP contribution >= 0.6 is 0 Å². The number of rotatable bonds is 8. The van der Waals surface area contributed by atoms with Crippen molar-refractivity contribution in [1.82, 2.24) is 15.0 Å². The molecule has 1 aromatic carbocycles. The summed E-state index contributed by atoms with van der Waals surface area (Å²) < 4.78 is 11.4. The number of carboxylic acids is 1. The summed E-state index contributed by atoms with van der Waals surface area (Å²) >= 11 is 0. The van der Waals surface area contributed by atoms with Gasteiger partial charge in [0, 0.05) is 25.4 Å². The van der Waals surface area contributed by atoms with Gasteiger partial charge in [0.25, 0.3) is 0 Å². The average molecular weight is 487 g/mol. The van der Waals surface area contributed by atoms with Gasteiger partial charge in [0.2, 0.25) is 0 Å². The Bertz CT molecular complexity index is 1050. The molecule has 1 fully saturated rings. The van der Waals surface area contributed by atoms with E-state index in [1.165, 1.54) is 0 Å². The summed E-state index contributed by atoms with van der Waals surface area (Å²) in [5.74, 6) is 1.65. The topological polar surface area (TPSA) is 129 Å². The highest BCUT2D eigenvalue weighted by molar-refractivity contribution is 5.80. The first-order chi connectivity index (χ1) is 16.7. The highest BCUT2D eigenvalue weighted by Crippen LogP contribution is 2.31. The largest absolute Gasteiger partial charge is 0.494 e. The first-order valence-electron chi connectivity index (χ1n) is 12.3. The molecule has 0 bridgehead atoms. The molecule has 2 N–H and O–H groups in total. The maximum atomic E-state index is 11.5. The quantitative estimate of drug-likeness (QED) is 0.568. The molecule has 2 aliphatic heterocycles. The normalized spacial score (nSPS) is 19.5. The predicted octanol–water partition coefficient (Wildman–Crippen LogP) is 4.00. The Morgan fingerprint density at radius 1 is 1.17 bits per heavy atom. The van der Waals surface area contributed by atoms with Gasteiger partial charge in [0.05, 0.1) is 13.2 Å². The molecule has 190 valence electrons. The van der Waals surface area contributed by atoms with E-state index in [1.807, 2.05) is 32.0 Å². The highest BCUT2D eigenvalue weighted by atomic mass is 16.5. The number of hydrogen-bond donors (Lipinski definition) is 2. The molecule has 0 radical (unpaired) electrons. The Balaban J connectivity index is 1.25. The van der Waals surface area contributed by atoms with E-state index in [0.717, 1.165) is 54.2 Å². The lowest BCUT2D eigenvalue weighted by atomic mass is 9.84. The second-order valence-electron chi connectivity index (χ2n) is 9.93. The third-order valence-corrected chi connectivity index (χ3v) is 7.24. The molecule has 2 aliphatic rings. The lowest BCUT2D eigenvalue weighted by Gasteiger charge is -2.34. The van der Waals surface area contributed by atoms with Gasteiger partial charge in [0.1, 0.15) is 11.8 Å². The Morgan fingerprint density at radius 2 is 1.91 bits per heavy atom. The number of benzene rings is 1. The fraction of sp³-hybridized carbons (Fsp3) is 0.600. The van der Waals surface area contributed by atoms with Gasteiger partial charge in [-0.3, -0.25) is 4.90 Å². The first kappa shape index (κ1) is 24.8. The lowest BCUT2D eigenvalue weighted by molar-refractivity contribution is -0.143. The number of piperidine rings is 1. The smallest absolute Gasteiger partial charge is 0.408 e. The number of carbonyl (C=O) groups is 2. The molecule has 1 saturated heterocycles. The molecule has 10 nitrogen and oxygen atoms in total. The molecule has 35 heavy (non-hydrogen) atoms. The van der Waals surface area contributed by atoms with E-state index in [0.29, 0.717) is 30.2 Å². The van der Waals surface area contributed by atoms with E-state index < -0.39 is 18.1 Å². The van der Waals surface area contributed by atoms with Gasteiger partial charge in [-0.15, -0.1) is 0 Å². The fourth-order valence-corrected chi connectivity index (χ4v) is 4.92. The van der Waals surface area contributed by atoms with Gasteiger partial charge in [0.15, 0.2) is 5.82 Å². The summed E-state index contributed by atoms with van der Waals surface area (Å²) in [7, 11) is 0. The van der Waals surface area contributed by atoms with Crippen molar-refractivity contribution in [2.24, 2.45) is 11.8 Å². The molecule has 1 amide bonds. The molecule has 0 saturated carbocycles. The van der Waals surface area contributed by atoms with Gasteiger partial charge >= 0.3 is 18.1 Å². The summed E-state index contributed by atoms with van der Waals surface area (Å²) in [4.78, 5) is 30.6. The third-order valence-electron chi connectivity index (χ3n) is 7.24. The summed E-state index contributed by atoms with van der Waals surface area (Å²) in [6, 6.07) is 5.08. The Morgan fingerprint density at radius 3 is 2.54 bits per heavy atom. The van der Waals surface area contributed by atoms with Crippen molar-refractivity contribution in [2.75, 3.05) is 24.6 Å². The molecule has 0 aliphatic carbocycles. The standard InChI is InChI=1S/C25H34N4O6/c1-15(2)22-26-24(35-27-22)28-9-6-17(7-10-28)16(3)8-11-34-20-5-4-18-13-21(23(30)31)29(25(32)33)14-19(18)12-20/h4-5,12,15-17,21H,6-11,13-14H2,1-3H3,(H,30,31)(H,32,33)/t16-,21+/m1/s1. The van der Waals surface area contributed by atoms with Crippen LogP contribution in [0.1, 0.15) is 62.9 Å². The molecular weight excluding hydrogens is 452 g/mol. The molecule has 0 unspecified atom stereocenters. The maximum absolute atomic E-state index is 11.5. The van der Waals surface area contributed by atoms with Crippen molar-refractivity contribution in [2.45, 2.75) is 65.0 Å². The Kier molecular flexibility index (Phi) is 7.47. The monoisotopic (exact) mass is 486 g/mol. The van der Waals surface area contributed by atoms with Crippen molar-refractivity contribution in [3.05, 3.63) is 35.2 Å². The number of ether oxygens (including phenoxy) is 1. The van der Waals surface area contributed by atoms with Gasteiger partial charge in [-0.2, -0.15) is 4.98 Å². The minimum Gasteiger partial charge on any atom is -0.494 e. The van der Waals surface area contributed by atoms with Crippen LogP contribution in [0.3, 0.4) is 0 Å². The second-order valence-corrected chi connectivity index (χ2v) is 9.93. The lowest BCUT2D eigenvalue weighted by Crippen LogP contribution is -2.48. The summed E-state index contributed by atoms with van der Waals surface area (Å²) in [5, 5.41) is 22.8. The molecular formula is C25H34N4O6. The number of anilines is 1. The first-order valence-corrected chi connectivity index (χ1v) is 12.3. The SMILES string of the molecule is CC(C)c1noc(N2CCC([C@H](C)CCOc3ccc4c(c3)CN(C(=O)O)[C@H](C(=O)O)C4)CC2)n1. The van der Waals surface area contributed by atoms with E-state index in [4.69, 9.17) is 9.26 Å². The van der Waals surface area contributed by atoms with Crippen LogP contribution in [0.15, 0.2) is 22.7 Å². The van der Waals surface area contributed by atoms with Crippen LogP contribution in [0, 0.1) is 11.8 Å². The molecule has 2 atom stereocenters. The number of carboxylic acid groups (broad SMARTS) is 2. The predicted molar refractivity (Wildman–Crippen MR) is 128 cm³/mol. The summed E-state index contributed by atoms with van der Waals surface area (Å²) in [6.07, 6.45) is 1.98. The molecule has 0 spiro atoms. The number of nitrogens with zero attached hydrogens (tertiary/aromatic N) is 4. The van der Waals surface area contributed by atoms with Crippen molar-refractivity contribution in [3.63, 3.8) is 0 Å². The van der Waals surface area contributed by atoms with E-state index in [2.05, 4.69) is 22.0 Å². The van der Waals surface area contributed by atoms with E-state index in [1.54, 1.807) is 0 Å². The van der Waals surface area contributed by atoms with E-state index in [-0.39, 0.29) is 18.9 Å². The van der Waals surface area contributed by atoms with Crippen molar-refractivity contribution < 1.29 is 29.1 Å². The maximum Gasteiger partial charge on any atom is 0.408 e. The van der Waals surface area contributed by atoms with Gasteiger partial charge in [-0.05, 0) is 54.4 Å². The van der Waals surface area contributed by atoms with Crippen molar-refractivity contribution in [3.8, 4) is 5.75 Å². The fourth-order valence-electron chi connectivity index (χ4n) is 4.92. The van der Waals surface area contributed by atoms with Crippen molar-refractivity contribution in [1.29, 1.82) is 0 Å². The zero-order valence-corrected chi connectivity index (χ0v) is 20.5. The third kappa shape index (κ3) is 5.68. The van der Waals surface area contributed by atoms with Crippen molar-refractivity contribution >= 4 is 18.1 Å². The average Bonchev–Trinajstić information content (AvgIpc) is 3.34. The highest BCUT2D eigenvalue weighted by Gasteiger charge is 2.34. The molecule has 10 heteroatoms. The minimum atomic E-state index is -1.23. The Labute approximate surface area is 204 Å². The van der Waals surface area contributed by atoms with Crippen LogP contribution in [-0.2, 0) is 17.8 Å². The zero-order chi connectivity index (χ0) is 25.1. The number of aromatic nitrogens is 2. The van der Waals surface area contributed by atoms with Gasteiger partial charge in [-0.1, -0.05) is 32.0 Å². The molecule has 3 heterocycles.